The van der Waals surface area contributed by atoms with Crippen molar-refractivity contribution in [2.24, 2.45) is 0 Å². The van der Waals surface area contributed by atoms with Gasteiger partial charge in [0.05, 0.1) is 5.56 Å². The lowest BCUT2D eigenvalue weighted by molar-refractivity contribution is 0.0694. The first kappa shape index (κ1) is 17.4. The molecule has 0 aliphatic rings. The first-order chi connectivity index (χ1) is 9.75. The molecule has 0 bridgehead atoms. The van der Waals surface area contributed by atoms with E-state index in [0.29, 0.717) is 23.8 Å². The molecule has 118 valence electrons. The Labute approximate surface area is 126 Å². The quantitative estimate of drug-likeness (QED) is 0.784. The van der Waals surface area contributed by atoms with Crippen LogP contribution in [0.4, 0.5) is 0 Å². The Morgan fingerprint density at radius 3 is 2.48 bits per heavy atom. The smallest absolute Gasteiger partial charge is 0.337 e. The fourth-order valence-corrected chi connectivity index (χ4v) is 2.41. The fraction of sp³-hybridized carbons (Fsp3) is 0.625. The Bertz CT molecular complexity index is 561. The largest absolute Gasteiger partial charge is 0.478 e. The van der Waals surface area contributed by atoms with Gasteiger partial charge in [-0.2, -0.15) is 0 Å². The maximum absolute atomic E-state index is 12.0. The zero-order valence-corrected chi connectivity index (χ0v) is 13.6. The average molecular weight is 294 g/mol. The number of carbonyl (C=O) groups is 1. The first-order valence-corrected chi connectivity index (χ1v) is 7.40. The molecule has 5 nitrogen and oxygen atoms in total. The number of carboxylic acid groups (broad SMARTS) is 1. The molecule has 0 spiro atoms. The number of unbranched alkanes of at least 4 members (excludes halogenated alkanes) is 1. The number of aromatic nitrogens is 1. The predicted molar refractivity (Wildman–Crippen MR) is 84.1 cm³/mol. The molecule has 0 saturated carbocycles. The van der Waals surface area contributed by atoms with Crippen molar-refractivity contribution >= 4 is 5.97 Å². The maximum Gasteiger partial charge on any atom is 0.337 e. The number of nitrogens with zero attached hydrogens (tertiary/aromatic N) is 2. The van der Waals surface area contributed by atoms with E-state index in [4.69, 9.17) is 0 Å². The van der Waals surface area contributed by atoms with E-state index >= 15 is 0 Å². The number of rotatable bonds is 7. The number of pyridine rings is 1. The van der Waals surface area contributed by atoms with Gasteiger partial charge in [-0.05, 0) is 59.7 Å². The van der Waals surface area contributed by atoms with Crippen molar-refractivity contribution in [1.29, 1.82) is 0 Å². The van der Waals surface area contributed by atoms with E-state index in [0.717, 1.165) is 19.4 Å². The van der Waals surface area contributed by atoms with Crippen LogP contribution in [0.2, 0.25) is 0 Å². The van der Waals surface area contributed by atoms with Crippen LogP contribution < -0.4 is 5.56 Å². The Hall–Kier alpha value is -1.62. The number of hydrogen-bond acceptors (Lipinski definition) is 3. The number of carboxylic acids is 1. The zero-order valence-electron chi connectivity index (χ0n) is 13.6. The zero-order chi connectivity index (χ0) is 16.2. The van der Waals surface area contributed by atoms with Crippen LogP contribution in [0.15, 0.2) is 10.9 Å². The second-order valence-electron chi connectivity index (χ2n) is 5.86. The Morgan fingerprint density at radius 1 is 1.33 bits per heavy atom. The van der Waals surface area contributed by atoms with Crippen LogP contribution in [0.3, 0.4) is 0 Å². The Morgan fingerprint density at radius 2 is 1.95 bits per heavy atom. The van der Waals surface area contributed by atoms with Crippen molar-refractivity contribution in [3.05, 3.63) is 33.2 Å². The van der Waals surface area contributed by atoms with Crippen molar-refractivity contribution in [1.82, 2.24) is 9.47 Å². The summed E-state index contributed by atoms with van der Waals surface area (Å²) in [6.45, 7) is 9.21. The second-order valence-corrected chi connectivity index (χ2v) is 5.86. The van der Waals surface area contributed by atoms with Crippen LogP contribution in [-0.4, -0.2) is 40.2 Å². The highest BCUT2D eigenvalue weighted by atomic mass is 16.4. The van der Waals surface area contributed by atoms with Gasteiger partial charge < -0.3 is 14.6 Å². The van der Waals surface area contributed by atoms with Gasteiger partial charge in [0, 0.05) is 24.3 Å². The second kappa shape index (κ2) is 7.41. The molecule has 1 aromatic rings. The van der Waals surface area contributed by atoms with Crippen molar-refractivity contribution < 1.29 is 9.90 Å². The van der Waals surface area contributed by atoms with E-state index in [2.05, 4.69) is 25.8 Å². The third-order valence-corrected chi connectivity index (χ3v) is 4.00. The Balaban J connectivity index is 2.78. The molecular weight excluding hydrogens is 268 g/mol. The van der Waals surface area contributed by atoms with Gasteiger partial charge in [0.1, 0.15) is 0 Å². The maximum atomic E-state index is 12.0. The van der Waals surface area contributed by atoms with Gasteiger partial charge in [-0.3, -0.25) is 4.79 Å². The third-order valence-electron chi connectivity index (χ3n) is 4.00. The van der Waals surface area contributed by atoms with Crippen molar-refractivity contribution in [3.8, 4) is 0 Å². The highest BCUT2D eigenvalue weighted by Crippen LogP contribution is 2.12. The summed E-state index contributed by atoms with van der Waals surface area (Å²) in [6, 6.07) is 1.92. The van der Waals surface area contributed by atoms with Gasteiger partial charge in [-0.25, -0.2) is 4.79 Å². The summed E-state index contributed by atoms with van der Waals surface area (Å²) < 4.78 is 1.58. The average Bonchev–Trinajstić information content (AvgIpc) is 2.36. The predicted octanol–water partition coefficient (Wildman–Crippen LogP) is 2.28. The van der Waals surface area contributed by atoms with E-state index in [1.807, 2.05) is 0 Å². The first-order valence-electron chi connectivity index (χ1n) is 7.40. The molecular formula is C16H26N2O3. The molecule has 0 radical (unpaired) electrons. The topological polar surface area (TPSA) is 62.5 Å². The minimum absolute atomic E-state index is 0.118. The molecule has 0 fully saturated rings. The summed E-state index contributed by atoms with van der Waals surface area (Å²) >= 11 is 0. The van der Waals surface area contributed by atoms with Crippen LogP contribution in [0.5, 0.6) is 0 Å². The van der Waals surface area contributed by atoms with Gasteiger partial charge in [0.2, 0.25) is 0 Å². The van der Waals surface area contributed by atoms with Gasteiger partial charge in [0.25, 0.3) is 5.56 Å². The molecule has 0 amide bonds. The van der Waals surface area contributed by atoms with E-state index < -0.39 is 5.97 Å². The summed E-state index contributed by atoms with van der Waals surface area (Å²) in [7, 11) is 2.08. The van der Waals surface area contributed by atoms with Crippen LogP contribution in [0, 0.1) is 13.8 Å². The monoisotopic (exact) mass is 294 g/mol. The fourth-order valence-electron chi connectivity index (χ4n) is 2.41. The highest BCUT2D eigenvalue weighted by Gasteiger charge is 2.15. The van der Waals surface area contributed by atoms with Gasteiger partial charge in [-0.15, -0.1) is 0 Å². The summed E-state index contributed by atoms with van der Waals surface area (Å²) in [5.74, 6) is -0.974. The van der Waals surface area contributed by atoms with E-state index in [1.54, 1.807) is 18.4 Å². The molecule has 1 heterocycles. The number of aryl methyl sites for hydroxylation is 1. The van der Waals surface area contributed by atoms with Crippen molar-refractivity contribution in [3.63, 3.8) is 0 Å². The van der Waals surface area contributed by atoms with E-state index in [-0.39, 0.29) is 11.1 Å². The molecule has 5 heteroatoms. The normalized spacial score (nSPS) is 11.4. The molecule has 1 N–H and O–H groups in total. The lowest BCUT2D eigenvalue weighted by Gasteiger charge is -2.21. The molecule has 1 rings (SSSR count). The molecule has 0 aromatic carbocycles. The number of hydrogen-bond donors (Lipinski definition) is 1. The van der Waals surface area contributed by atoms with Gasteiger partial charge >= 0.3 is 5.97 Å². The molecule has 0 saturated heterocycles. The molecule has 0 aliphatic heterocycles. The van der Waals surface area contributed by atoms with E-state index in [1.165, 1.54) is 6.07 Å². The molecule has 0 unspecified atom stereocenters. The summed E-state index contributed by atoms with van der Waals surface area (Å²) in [5.41, 5.74) is 1.20. The van der Waals surface area contributed by atoms with Crippen molar-refractivity contribution in [2.75, 3.05) is 13.6 Å². The van der Waals surface area contributed by atoms with E-state index in [9.17, 15) is 14.7 Å². The highest BCUT2D eigenvalue weighted by molar-refractivity contribution is 5.90. The summed E-state index contributed by atoms with van der Waals surface area (Å²) in [5, 5.41) is 9.25. The van der Waals surface area contributed by atoms with Crippen LogP contribution >= 0.6 is 0 Å². The van der Waals surface area contributed by atoms with Gasteiger partial charge in [-0.1, -0.05) is 0 Å². The summed E-state index contributed by atoms with van der Waals surface area (Å²) in [4.78, 5) is 25.6. The SMILES string of the molecule is Cc1cc(=O)n(CCCCN(C)C(C)C)c(C)c1C(=O)O. The minimum Gasteiger partial charge on any atom is -0.478 e. The standard InChI is InChI=1S/C16H26N2O3/c1-11(2)17(5)8-6-7-9-18-13(4)15(16(20)21)12(3)10-14(18)19/h10-11H,6-9H2,1-5H3,(H,20,21). The van der Waals surface area contributed by atoms with Crippen LogP contribution in [-0.2, 0) is 6.54 Å². The molecule has 0 aliphatic carbocycles. The Kier molecular flexibility index (Phi) is 6.15. The lowest BCUT2D eigenvalue weighted by Crippen LogP contribution is -2.28. The molecule has 1 aromatic heterocycles. The molecule has 0 atom stereocenters. The molecule has 21 heavy (non-hydrogen) atoms. The lowest BCUT2D eigenvalue weighted by atomic mass is 10.1. The van der Waals surface area contributed by atoms with Gasteiger partial charge in [0.15, 0.2) is 0 Å². The minimum atomic E-state index is -0.974. The van der Waals surface area contributed by atoms with Crippen LogP contribution in [0.25, 0.3) is 0 Å². The third kappa shape index (κ3) is 4.43. The van der Waals surface area contributed by atoms with Crippen molar-refractivity contribution in [2.45, 2.75) is 53.1 Å². The van der Waals surface area contributed by atoms with Crippen LogP contribution in [0.1, 0.15) is 48.3 Å². The summed E-state index contributed by atoms with van der Waals surface area (Å²) in [6.07, 6.45) is 1.84. The number of aromatic carboxylic acids is 1.